The van der Waals surface area contributed by atoms with Gasteiger partial charge >= 0.3 is 12.0 Å². The van der Waals surface area contributed by atoms with E-state index in [-0.39, 0.29) is 17.8 Å². The monoisotopic (exact) mass is 571 g/mol. The number of likely N-dealkylation sites (tertiary alicyclic amines) is 1. The molecule has 39 heavy (non-hydrogen) atoms. The van der Waals surface area contributed by atoms with E-state index in [1.807, 2.05) is 0 Å². The number of urea groups is 1. The first kappa shape index (κ1) is 28.2. The van der Waals surface area contributed by atoms with Crippen LogP contribution in [0.15, 0.2) is 66.7 Å². The van der Waals surface area contributed by atoms with Gasteiger partial charge in [0.15, 0.2) is 5.78 Å². The highest BCUT2D eigenvalue weighted by Crippen LogP contribution is 2.29. The minimum Gasteiger partial charge on any atom is -0.495 e. The Labute approximate surface area is 235 Å². The van der Waals surface area contributed by atoms with Crippen LogP contribution in [-0.2, 0) is 11.2 Å². The van der Waals surface area contributed by atoms with Crippen LogP contribution in [0.1, 0.15) is 28.8 Å². The number of aromatic carboxylic acids is 1. The zero-order valence-corrected chi connectivity index (χ0v) is 22.5. The number of alkyl halides is 1. The number of carboxylic acid groups (broad SMARTS) is 1. The Balaban J connectivity index is 1.37. The molecule has 4 rings (SSSR count). The van der Waals surface area contributed by atoms with E-state index in [9.17, 15) is 14.4 Å². The van der Waals surface area contributed by atoms with Crippen molar-refractivity contribution in [3.05, 3.63) is 82.9 Å². The summed E-state index contributed by atoms with van der Waals surface area (Å²) in [5.74, 6) is -0.247. The smallest absolute Gasteiger partial charge is 0.335 e. The first-order valence-electron chi connectivity index (χ1n) is 12.2. The molecule has 2 unspecified atom stereocenters. The third-order valence-corrected chi connectivity index (χ3v) is 6.95. The van der Waals surface area contributed by atoms with Gasteiger partial charge in [0.2, 0.25) is 5.69 Å². The zero-order valence-electron chi connectivity index (χ0n) is 21.0. The molecule has 1 fully saturated rings. The molecule has 3 aromatic rings. The van der Waals surface area contributed by atoms with Gasteiger partial charge in [-0.15, -0.1) is 0 Å². The lowest BCUT2D eigenvalue weighted by atomic mass is 10.0. The second kappa shape index (κ2) is 12.8. The van der Waals surface area contributed by atoms with E-state index in [1.165, 1.54) is 31.4 Å². The van der Waals surface area contributed by atoms with Crippen LogP contribution in [0.3, 0.4) is 0 Å². The molecule has 1 aliphatic rings. The molecule has 1 heterocycles. The van der Waals surface area contributed by atoms with Crippen molar-refractivity contribution < 1.29 is 29.0 Å². The number of ether oxygens (including phenoxy) is 2. The standard InChI is InChI=1S/C28H27Cl2N3O6/c1-38-25-16-17(8-13-22(25)32-28(37)31-21-6-3-2-5-20(21)29)15-24(34)23-7-4-14-33(23)27(30)39-19-11-9-18(10-12-19)26(35)36/h2-3,5-6,8-13,16,23,27H,4,7,14-15H2,1H3,(H,35,36)(H2,31,32,37). The Bertz CT molecular complexity index is 1350. The molecule has 2 atom stereocenters. The topological polar surface area (TPSA) is 117 Å². The molecule has 2 amide bonds. The molecule has 1 aliphatic heterocycles. The van der Waals surface area contributed by atoms with E-state index < -0.39 is 23.7 Å². The van der Waals surface area contributed by atoms with Gasteiger partial charge in [-0.3, -0.25) is 4.79 Å². The first-order chi connectivity index (χ1) is 18.7. The molecule has 3 N–H and O–H groups in total. The second-order valence-electron chi connectivity index (χ2n) is 8.87. The molecular formula is C28H27Cl2N3O6. The molecule has 0 aromatic heterocycles. The number of Topliss-reactive ketones (excluding diaryl/α,β-unsaturated/α-hetero) is 1. The summed E-state index contributed by atoms with van der Waals surface area (Å²) in [6, 6.07) is 17.0. The van der Waals surface area contributed by atoms with Crippen LogP contribution in [0.2, 0.25) is 5.02 Å². The first-order valence-corrected chi connectivity index (χ1v) is 13.0. The van der Waals surface area contributed by atoms with Gasteiger partial charge < -0.3 is 25.2 Å². The fraction of sp³-hybridized carbons (Fsp3) is 0.250. The number of carboxylic acids is 1. The number of methoxy groups -OCH3 is 1. The second-order valence-corrected chi connectivity index (χ2v) is 9.65. The van der Waals surface area contributed by atoms with Crippen LogP contribution < -0.4 is 20.1 Å². The molecule has 3 aromatic carbocycles. The van der Waals surface area contributed by atoms with Crippen LogP contribution in [0, 0.1) is 0 Å². The molecule has 0 aliphatic carbocycles. The number of hydrogen-bond donors (Lipinski definition) is 3. The molecular weight excluding hydrogens is 545 g/mol. The quantitative estimate of drug-likeness (QED) is 0.206. The summed E-state index contributed by atoms with van der Waals surface area (Å²) >= 11 is 12.6. The van der Waals surface area contributed by atoms with Crippen molar-refractivity contribution in [1.82, 2.24) is 4.90 Å². The van der Waals surface area contributed by atoms with E-state index >= 15 is 0 Å². The number of carbonyl (C=O) groups excluding carboxylic acids is 2. The van der Waals surface area contributed by atoms with Crippen molar-refractivity contribution in [2.24, 2.45) is 0 Å². The summed E-state index contributed by atoms with van der Waals surface area (Å²) in [6.07, 6.45) is 1.57. The number of nitrogens with one attached hydrogen (secondary N) is 2. The Morgan fingerprint density at radius 3 is 2.46 bits per heavy atom. The average Bonchev–Trinajstić information content (AvgIpc) is 3.42. The lowest BCUT2D eigenvalue weighted by molar-refractivity contribution is -0.124. The lowest BCUT2D eigenvalue weighted by Crippen LogP contribution is -2.43. The third kappa shape index (κ3) is 7.20. The minimum absolute atomic E-state index is 0.0257. The maximum atomic E-state index is 13.2. The summed E-state index contributed by atoms with van der Waals surface area (Å²) < 4.78 is 11.2. The largest absolute Gasteiger partial charge is 0.495 e. The maximum Gasteiger partial charge on any atom is 0.335 e. The predicted molar refractivity (Wildman–Crippen MR) is 149 cm³/mol. The van der Waals surface area contributed by atoms with Crippen LogP contribution in [0.4, 0.5) is 16.2 Å². The molecule has 0 bridgehead atoms. The summed E-state index contributed by atoms with van der Waals surface area (Å²) in [5.41, 5.74) is 0.870. The number of rotatable bonds is 10. The van der Waals surface area contributed by atoms with Crippen molar-refractivity contribution in [3.63, 3.8) is 0 Å². The van der Waals surface area contributed by atoms with Crippen molar-refractivity contribution in [2.45, 2.75) is 31.0 Å². The number of nitrogens with zero attached hydrogens (tertiary/aromatic N) is 1. The average molecular weight is 572 g/mol. The Morgan fingerprint density at radius 2 is 1.77 bits per heavy atom. The Hall–Kier alpha value is -3.79. The fourth-order valence-electron chi connectivity index (χ4n) is 4.34. The Kier molecular flexibility index (Phi) is 9.29. The van der Waals surface area contributed by atoms with Gasteiger partial charge in [0, 0.05) is 13.0 Å². The molecule has 0 radical (unpaired) electrons. The third-order valence-electron chi connectivity index (χ3n) is 6.28. The van der Waals surface area contributed by atoms with Crippen LogP contribution in [0.5, 0.6) is 11.5 Å². The van der Waals surface area contributed by atoms with Gasteiger partial charge in [-0.25, -0.2) is 14.5 Å². The number of ketones is 1. The lowest BCUT2D eigenvalue weighted by Gasteiger charge is -2.28. The van der Waals surface area contributed by atoms with Gasteiger partial charge in [-0.1, -0.05) is 41.4 Å². The van der Waals surface area contributed by atoms with Crippen molar-refractivity contribution in [1.29, 1.82) is 0 Å². The molecule has 0 saturated carbocycles. The van der Waals surface area contributed by atoms with Crippen molar-refractivity contribution in [2.75, 3.05) is 24.3 Å². The van der Waals surface area contributed by atoms with E-state index in [0.717, 1.165) is 12.0 Å². The zero-order chi connectivity index (χ0) is 27.9. The number of carbonyl (C=O) groups is 3. The van der Waals surface area contributed by atoms with Gasteiger partial charge in [0.05, 0.1) is 35.1 Å². The molecule has 9 nitrogen and oxygen atoms in total. The number of hydrogen-bond acceptors (Lipinski definition) is 6. The number of amides is 2. The fourth-order valence-corrected chi connectivity index (χ4v) is 4.86. The number of halogens is 2. The van der Waals surface area contributed by atoms with Crippen LogP contribution in [0.25, 0.3) is 0 Å². The highest BCUT2D eigenvalue weighted by molar-refractivity contribution is 6.33. The van der Waals surface area contributed by atoms with Gasteiger partial charge in [0.25, 0.3) is 0 Å². The summed E-state index contributed by atoms with van der Waals surface area (Å²) in [7, 11) is 1.48. The van der Waals surface area contributed by atoms with E-state index in [0.29, 0.717) is 40.9 Å². The maximum absolute atomic E-state index is 13.2. The summed E-state index contributed by atoms with van der Waals surface area (Å²) in [5, 5.41) is 14.9. The summed E-state index contributed by atoms with van der Waals surface area (Å²) in [6.45, 7) is 0.588. The van der Waals surface area contributed by atoms with Crippen LogP contribution in [-0.4, -0.2) is 53.2 Å². The SMILES string of the molecule is COc1cc(CC(=O)C2CCCN2C(Cl)Oc2ccc(C(=O)O)cc2)ccc1NC(=O)Nc1ccccc1Cl. The van der Waals surface area contributed by atoms with E-state index in [2.05, 4.69) is 10.6 Å². The van der Waals surface area contributed by atoms with Gasteiger partial charge in [-0.05, 0) is 66.9 Å². The van der Waals surface area contributed by atoms with Gasteiger partial charge in [-0.2, -0.15) is 0 Å². The molecule has 11 heteroatoms. The van der Waals surface area contributed by atoms with E-state index in [4.69, 9.17) is 37.8 Å². The number of benzene rings is 3. The molecule has 0 spiro atoms. The van der Waals surface area contributed by atoms with Crippen molar-refractivity contribution >= 4 is 52.4 Å². The highest BCUT2D eigenvalue weighted by atomic mass is 35.5. The minimum atomic E-state index is -1.03. The number of anilines is 2. The highest BCUT2D eigenvalue weighted by Gasteiger charge is 2.35. The normalized spacial score (nSPS) is 15.8. The molecule has 1 saturated heterocycles. The Morgan fingerprint density at radius 1 is 1.05 bits per heavy atom. The van der Waals surface area contributed by atoms with E-state index in [1.54, 1.807) is 47.4 Å². The van der Waals surface area contributed by atoms with Crippen molar-refractivity contribution in [3.8, 4) is 11.5 Å². The predicted octanol–water partition coefficient (Wildman–Crippen LogP) is 5.87. The molecule has 204 valence electrons. The number of para-hydroxylation sites is 1. The van der Waals surface area contributed by atoms with Gasteiger partial charge in [0.1, 0.15) is 11.5 Å². The summed E-state index contributed by atoms with van der Waals surface area (Å²) in [4.78, 5) is 38.6. The van der Waals surface area contributed by atoms with Crippen LogP contribution >= 0.6 is 23.2 Å².